The van der Waals surface area contributed by atoms with E-state index in [1.165, 1.54) is 29.3 Å². The van der Waals surface area contributed by atoms with Gasteiger partial charge in [0, 0.05) is 99.3 Å². The summed E-state index contributed by atoms with van der Waals surface area (Å²) in [4.78, 5) is 78.2. The number of hydrogen-bond donors (Lipinski definition) is 4. The number of thioether (sulfide) groups is 1. The molecule has 0 aliphatic carbocycles. The van der Waals surface area contributed by atoms with E-state index >= 15 is 0 Å². The van der Waals surface area contributed by atoms with Crippen molar-refractivity contribution in [3.63, 3.8) is 0 Å². The number of aromatic nitrogens is 14. The Labute approximate surface area is 539 Å². The summed E-state index contributed by atoms with van der Waals surface area (Å²) in [5.41, 5.74) is 30.8. The van der Waals surface area contributed by atoms with Crippen molar-refractivity contribution >= 4 is 162 Å². The summed E-state index contributed by atoms with van der Waals surface area (Å²) in [6.07, 6.45) is 30.8. The zero-order valence-corrected chi connectivity index (χ0v) is 51.6. The van der Waals surface area contributed by atoms with E-state index in [1.807, 2.05) is 156 Å². The van der Waals surface area contributed by atoms with Gasteiger partial charge in [0.05, 0.1) is 87.1 Å². The average Bonchev–Trinajstić information content (AvgIpc) is 3.29. The molecule has 88 heavy (non-hydrogen) atoms. The Bertz CT molecular complexity index is 4710. The Morgan fingerprint density at radius 1 is 0.477 bits per heavy atom. The number of H-pyrrole nitrogens is 4. The number of nitrogens with one attached hydrogen (secondary N) is 4. The zero-order valence-electron chi connectivity index (χ0n) is 45.6. The zero-order chi connectivity index (χ0) is 57.6. The number of carbonyl (C=O) groups excluding carboxylic acids is 1. The van der Waals surface area contributed by atoms with Crippen molar-refractivity contribution in [2.24, 2.45) is 4.99 Å². The van der Waals surface area contributed by atoms with Gasteiger partial charge in [-0.2, -0.15) is 0 Å². The van der Waals surface area contributed by atoms with Crippen LogP contribution in [0.1, 0.15) is 56.9 Å². The quantitative estimate of drug-likeness (QED) is 0.0664. The van der Waals surface area contributed by atoms with Crippen molar-refractivity contribution in [2.75, 3.05) is 0 Å². The normalized spacial score (nSPS) is 12.2. The van der Waals surface area contributed by atoms with Crippen molar-refractivity contribution in [1.29, 1.82) is 0 Å². The van der Waals surface area contributed by atoms with E-state index in [2.05, 4.69) is 98.9 Å². The van der Waals surface area contributed by atoms with Crippen molar-refractivity contribution < 1.29 is 34.3 Å². The fraction of sp³-hybridized carbons (Fsp3) is 0.0154. The van der Waals surface area contributed by atoms with Gasteiger partial charge in [-0.05, 0) is 114 Å². The molecule has 0 saturated carbocycles. The number of fused-ring (bicyclic) bond motifs is 16. The number of carbonyl (C=O) groups is 1. The first-order chi connectivity index (χ1) is 42.5. The third kappa shape index (κ3) is 13.2. The van der Waals surface area contributed by atoms with Crippen molar-refractivity contribution in [2.45, 2.75) is 6.42 Å². The summed E-state index contributed by atoms with van der Waals surface area (Å²) < 4.78 is 0. The molecule has 0 radical (unpaired) electrons. The van der Waals surface area contributed by atoms with Crippen LogP contribution in [0.5, 0.6) is 0 Å². The maximum absolute atomic E-state index is 9.82. The minimum Gasteiger partial charge on any atom is -1.00 e. The molecule has 12 aromatic rings. The smallest absolute Gasteiger partial charge is 1.00 e. The SMILES string of the molecule is C1=Cc2nc1cc1ccc([n-]1)c(-c1cncs1)c1nc(cc3ccc([n-]3)c2-c2cncs2)C=C1.C1=Cc2nc1cc1ccc([nH]1)c(-c1cncs1)c1ccc(cc3nc(c2-c2cncs2)C=C3)[nH]1.O=CC1=CN=[C+]S1.[Cl-].[Mn+3].c1c[nH]c(Cc2ccc[nH]2)c1. The number of rotatable bonds is 7. The van der Waals surface area contributed by atoms with Gasteiger partial charge in [-0.25, -0.2) is 19.9 Å². The van der Waals surface area contributed by atoms with Crippen molar-refractivity contribution in [3.05, 3.63) is 224 Å². The van der Waals surface area contributed by atoms with Crippen LogP contribution in [0.3, 0.4) is 0 Å². The number of thiazole rings is 4. The molecule has 17 rings (SSSR count). The van der Waals surface area contributed by atoms with Gasteiger partial charge in [-0.1, -0.05) is 36.4 Å². The third-order valence-electron chi connectivity index (χ3n) is 13.6. The predicted molar refractivity (Wildman–Crippen MR) is 354 cm³/mol. The van der Waals surface area contributed by atoms with Gasteiger partial charge in [-0.3, -0.25) is 24.7 Å². The molecule has 0 spiro atoms. The molecule has 16 bridgehead atoms. The minimum absolute atomic E-state index is 0. The van der Waals surface area contributed by atoms with Gasteiger partial charge in [-0.15, -0.1) is 67.4 Å². The van der Waals surface area contributed by atoms with Crippen LogP contribution in [0.25, 0.3) is 135 Å². The second kappa shape index (κ2) is 27.0. The first-order valence-electron chi connectivity index (χ1n) is 26.7. The van der Waals surface area contributed by atoms with E-state index in [9.17, 15) is 4.79 Å². The Morgan fingerprint density at radius 3 is 1.27 bits per heavy atom. The summed E-state index contributed by atoms with van der Waals surface area (Å²) >= 11 is 7.58. The summed E-state index contributed by atoms with van der Waals surface area (Å²) in [5.74, 6) is 0. The molecule has 4 N–H and O–H groups in total. The molecule has 5 aliphatic rings. The molecular formula is C65H42ClMnN15OS5+. The number of allylic oxidation sites excluding steroid dienone is 1. The van der Waals surface area contributed by atoms with Crippen LogP contribution >= 0.6 is 57.1 Å². The summed E-state index contributed by atoms with van der Waals surface area (Å²) in [5, 5.41) is 0. The van der Waals surface area contributed by atoms with Gasteiger partial charge in [0.15, 0.2) is 17.4 Å². The molecule has 23 heteroatoms. The maximum Gasteiger partial charge on any atom is 3.00 e. The Morgan fingerprint density at radius 2 is 0.898 bits per heavy atom. The van der Waals surface area contributed by atoms with Crippen LogP contribution in [0.2, 0.25) is 0 Å². The molecule has 16 nitrogen and oxygen atoms in total. The fourth-order valence-corrected chi connectivity index (χ4v) is 12.9. The van der Waals surface area contributed by atoms with Gasteiger partial charge in [0.25, 0.3) is 5.55 Å². The Kier molecular flexibility index (Phi) is 18.0. The second-order valence-corrected chi connectivity index (χ2v) is 23.7. The molecule has 17 heterocycles. The molecule has 5 aliphatic heterocycles. The van der Waals surface area contributed by atoms with Crippen LogP contribution in [-0.2, 0) is 28.3 Å². The topological polar surface area (TPSA) is 224 Å². The molecule has 0 amide bonds. The van der Waals surface area contributed by atoms with Gasteiger partial charge in [0.2, 0.25) is 0 Å². The number of aliphatic imine (C=N–C) groups is 1. The molecular weight excluding hydrogens is 1260 g/mol. The number of hydrogen-bond acceptors (Lipinski definition) is 15. The largest absolute Gasteiger partial charge is 3.00 e. The number of aldehydes is 1. The molecule has 0 atom stereocenters. The standard InChI is InChI=1S/C26H16N6S2.C26H14N6S2.C9H10N2.C4H2NOS.ClH.Mn/c2*1-5-19-25(23-11-27-13-33-23)20-7-3-17(31-20)10-18-4-8-22(32-18)26(24-12-28-14-34-24)21-6-2-16(30-21)9-15(1)29-19;1-3-8(10-5-1)7-9-4-2-6-11-9;6-2-4-1-5-3-7-4;;/h1-14,29,31H;1-14H;1-6,10-11H,7H2;1-2H;1H;/q;-2;;+1;;+3/p-1. The molecule has 0 aromatic carbocycles. The summed E-state index contributed by atoms with van der Waals surface area (Å²) in [6, 6.07) is 32.8. The van der Waals surface area contributed by atoms with E-state index in [4.69, 9.17) is 29.9 Å². The Balaban J connectivity index is 0.000000131. The van der Waals surface area contributed by atoms with Crippen LogP contribution in [0.15, 0.2) is 172 Å². The fourth-order valence-electron chi connectivity index (χ4n) is 9.82. The molecule has 0 fully saturated rings. The van der Waals surface area contributed by atoms with E-state index in [1.54, 1.807) is 45.3 Å². The monoisotopic (exact) mass is 1300 g/mol. The second-order valence-electron chi connectivity index (χ2n) is 19.3. The first-order valence-corrected chi connectivity index (χ1v) is 31.0. The number of aromatic amines is 4. The van der Waals surface area contributed by atoms with E-state index in [-0.39, 0.29) is 29.5 Å². The predicted octanol–water partition coefficient (Wildman–Crippen LogP) is 12.7. The van der Waals surface area contributed by atoms with Crippen molar-refractivity contribution in [3.8, 4) is 41.8 Å². The molecule has 0 saturated heterocycles. The molecule has 426 valence electrons. The average molecular weight is 1300 g/mol. The van der Waals surface area contributed by atoms with Crippen LogP contribution in [0, 0.1) is 0 Å². The molecule has 0 unspecified atom stereocenters. The van der Waals surface area contributed by atoms with Crippen molar-refractivity contribution in [1.82, 2.24) is 69.8 Å². The van der Waals surface area contributed by atoms with Crippen LogP contribution < -0.4 is 22.4 Å². The minimum atomic E-state index is 0. The first kappa shape index (κ1) is 58.8. The third-order valence-corrected chi connectivity index (χ3v) is 17.4. The van der Waals surface area contributed by atoms with E-state index < -0.39 is 0 Å². The van der Waals surface area contributed by atoms with Crippen LogP contribution in [0.4, 0.5) is 0 Å². The van der Waals surface area contributed by atoms with Gasteiger partial charge >= 0.3 is 17.1 Å². The summed E-state index contributed by atoms with van der Waals surface area (Å²) in [7, 11) is 0. The Hall–Kier alpha value is -9.57. The molecule has 12 aromatic heterocycles. The summed E-state index contributed by atoms with van der Waals surface area (Å²) in [6.45, 7) is 0. The van der Waals surface area contributed by atoms with Gasteiger partial charge < -0.3 is 42.3 Å². The number of halogens is 1. The number of nitrogens with zero attached hydrogens (tertiary/aromatic N) is 11. The van der Waals surface area contributed by atoms with Gasteiger partial charge in [0.1, 0.15) is 11.8 Å². The maximum atomic E-state index is 9.82. The van der Waals surface area contributed by atoms with E-state index in [0.29, 0.717) is 4.91 Å². The van der Waals surface area contributed by atoms with E-state index in [0.717, 1.165) is 144 Å². The van der Waals surface area contributed by atoms with Crippen LogP contribution in [-0.4, -0.2) is 71.6 Å².